The first-order valence-electron chi connectivity index (χ1n) is 5.27. The van der Waals surface area contributed by atoms with Crippen LogP contribution in [0.2, 0.25) is 0 Å². The van der Waals surface area contributed by atoms with E-state index in [0.717, 1.165) is 6.92 Å². The highest BCUT2D eigenvalue weighted by atomic mass is 32.2. The van der Waals surface area contributed by atoms with Gasteiger partial charge < -0.3 is 10.1 Å². The lowest BCUT2D eigenvalue weighted by molar-refractivity contribution is -0.190. The molecule has 1 heterocycles. The average molecular weight is 281 g/mol. The van der Waals surface area contributed by atoms with Crippen molar-refractivity contribution in [1.29, 1.82) is 0 Å². The second-order valence-corrected chi connectivity index (χ2v) is 4.18. The zero-order chi connectivity index (χ0) is 13.8. The highest BCUT2D eigenvalue weighted by molar-refractivity contribution is 7.98. The van der Waals surface area contributed by atoms with E-state index in [4.69, 9.17) is 4.74 Å². The molecule has 0 bridgehead atoms. The maximum atomic E-state index is 12.4. The summed E-state index contributed by atoms with van der Waals surface area (Å²) >= 11 is 1.23. The summed E-state index contributed by atoms with van der Waals surface area (Å²) in [5.74, 6) is 0.358. The van der Waals surface area contributed by atoms with Gasteiger partial charge in [-0.15, -0.1) is 0 Å². The van der Waals surface area contributed by atoms with Crippen molar-refractivity contribution in [2.24, 2.45) is 0 Å². The first-order valence-corrected chi connectivity index (χ1v) is 6.49. The van der Waals surface area contributed by atoms with Gasteiger partial charge in [0.05, 0.1) is 0 Å². The fourth-order valence-electron chi connectivity index (χ4n) is 1.08. The van der Waals surface area contributed by atoms with Crippen LogP contribution >= 0.6 is 11.8 Å². The normalized spacial score (nSPS) is 13.2. The molecule has 0 aliphatic heterocycles. The maximum absolute atomic E-state index is 12.4. The third kappa shape index (κ3) is 4.25. The van der Waals surface area contributed by atoms with E-state index in [-0.39, 0.29) is 5.88 Å². The number of hydrogen-bond donors (Lipinski definition) is 1. The SMILES string of the molecule is CCNc1cc(OC(C)C(F)(F)F)nc(SC)n1. The quantitative estimate of drug-likeness (QED) is 0.664. The Bertz CT molecular complexity index is 400. The average Bonchev–Trinajstić information content (AvgIpc) is 2.27. The van der Waals surface area contributed by atoms with Crippen molar-refractivity contribution in [3.63, 3.8) is 0 Å². The zero-order valence-electron chi connectivity index (χ0n) is 10.2. The van der Waals surface area contributed by atoms with Gasteiger partial charge in [-0.05, 0) is 20.1 Å². The molecule has 1 atom stereocenters. The van der Waals surface area contributed by atoms with Crippen LogP contribution in [0.4, 0.5) is 19.0 Å². The minimum atomic E-state index is -4.41. The molecule has 0 aliphatic rings. The standard InChI is InChI=1S/C10H14F3N3OS/c1-4-14-7-5-8(16-9(15-7)18-3)17-6(2)10(11,12)13/h5-6H,4H2,1-3H3,(H,14,15,16). The number of rotatable bonds is 5. The van der Waals surface area contributed by atoms with E-state index in [1.54, 1.807) is 6.26 Å². The third-order valence-corrected chi connectivity index (χ3v) is 2.53. The lowest BCUT2D eigenvalue weighted by atomic mass is 10.4. The molecule has 0 spiro atoms. The van der Waals surface area contributed by atoms with Gasteiger partial charge in [0.2, 0.25) is 5.88 Å². The van der Waals surface area contributed by atoms with Crippen LogP contribution in [-0.2, 0) is 0 Å². The van der Waals surface area contributed by atoms with Gasteiger partial charge in [-0.1, -0.05) is 11.8 Å². The smallest absolute Gasteiger partial charge is 0.425 e. The molecule has 0 radical (unpaired) electrons. The molecule has 0 aliphatic carbocycles. The van der Waals surface area contributed by atoms with E-state index in [1.165, 1.54) is 17.8 Å². The number of nitrogens with one attached hydrogen (secondary N) is 1. The molecule has 0 aromatic carbocycles. The molecule has 1 N–H and O–H groups in total. The Labute approximate surface area is 107 Å². The van der Waals surface area contributed by atoms with Crippen molar-refractivity contribution >= 4 is 17.6 Å². The van der Waals surface area contributed by atoms with E-state index in [9.17, 15) is 13.2 Å². The minimum Gasteiger partial charge on any atom is -0.465 e. The summed E-state index contributed by atoms with van der Waals surface area (Å²) in [5.41, 5.74) is 0. The van der Waals surface area contributed by atoms with Crippen LogP contribution in [0, 0.1) is 0 Å². The van der Waals surface area contributed by atoms with Crippen LogP contribution in [0.5, 0.6) is 5.88 Å². The summed E-state index contributed by atoms with van der Waals surface area (Å²) in [4.78, 5) is 7.97. The Kier molecular flexibility index (Phi) is 5.06. The van der Waals surface area contributed by atoms with Crippen LogP contribution in [0.15, 0.2) is 11.2 Å². The molecule has 0 saturated carbocycles. The molecule has 4 nitrogen and oxygen atoms in total. The molecule has 102 valence electrons. The lowest BCUT2D eigenvalue weighted by Gasteiger charge is -2.17. The van der Waals surface area contributed by atoms with Gasteiger partial charge >= 0.3 is 6.18 Å². The molecule has 1 aromatic rings. The van der Waals surface area contributed by atoms with Gasteiger partial charge in [0, 0.05) is 12.6 Å². The van der Waals surface area contributed by atoms with Crippen molar-refractivity contribution < 1.29 is 17.9 Å². The van der Waals surface area contributed by atoms with E-state index in [0.29, 0.717) is 17.5 Å². The van der Waals surface area contributed by atoms with Crippen molar-refractivity contribution in [3.8, 4) is 5.88 Å². The Morgan fingerprint density at radius 1 is 1.44 bits per heavy atom. The number of aromatic nitrogens is 2. The monoisotopic (exact) mass is 281 g/mol. The van der Waals surface area contributed by atoms with Crippen LogP contribution in [0.3, 0.4) is 0 Å². The molecular formula is C10H14F3N3OS. The number of anilines is 1. The Morgan fingerprint density at radius 2 is 2.11 bits per heavy atom. The summed E-state index contributed by atoms with van der Waals surface area (Å²) in [7, 11) is 0. The fraction of sp³-hybridized carbons (Fsp3) is 0.600. The second-order valence-electron chi connectivity index (χ2n) is 3.41. The van der Waals surface area contributed by atoms with Crippen LogP contribution in [0.25, 0.3) is 0 Å². The molecule has 18 heavy (non-hydrogen) atoms. The summed E-state index contributed by atoms with van der Waals surface area (Å²) in [5, 5.41) is 3.27. The summed E-state index contributed by atoms with van der Waals surface area (Å²) in [6.07, 6.45) is -4.58. The predicted molar refractivity (Wildman–Crippen MR) is 64.1 cm³/mol. The van der Waals surface area contributed by atoms with Gasteiger partial charge in [-0.25, -0.2) is 4.98 Å². The van der Waals surface area contributed by atoms with Crippen molar-refractivity contribution in [2.45, 2.75) is 31.3 Å². The molecule has 0 saturated heterocycles. The predicted octanol–water partition coefficient (Wildman–Crippen LogP) is 2.96. The molecule has 1 aromatic heterocycles. The van der Waals surface area contributed by atoms with E-state index in [1.807, 2.05) is 6.92 Å². The molecular weight excluding hydrogens is 267 g/mol. The topological polar surface area (TPSA) is 47.0 Å². The van der Waals surface area contributed by atoms with E-state index >= 15 is 0 Å². The number of halogens is 3. The van der Waals surface area contributed by atoms with Crippen LogP contribution in [0.1, 0.15) is 13.8 Å². The third-order valence-electron chi connectivity index (χ3n) is 1.98. The molecule has 1 unspecified atom stereocenters. The van der Waals surface area contributed by atoms with Gasteiger partial charge in [-0.3, -0.25) is 0 Å². The highest BCUT2D eigenvalue weighted by Gasteiger charge is 2.38. The largest absolute Gasteiger partial charge is 0.465 e. The Balaban J connectivity index is 2.90. The summed E-state index contributed by atoms with van der Waals surface area (Å²) < 4.78 is 41.9. The fourth-order valence-corrected chi connectivity index (χ4v) is 1.45. The van der Waals surface area contributed by atoms with E-state index in [2.05, 4.69) is 15.3 Å². The number of alkyl halides is 3. The minimum absolute atomic E-state index is 0.0878. The van der Waals surface area contributed by atoms with Gasteiger partial charge in [-0.2, -0.15) is 18.2 Å². The second kappa shape index (κ2) is 6.12. The van der Waals surface area contributed by atoms with Gasteiger partial charge in [0.25, 0.3) is 0 Å². The molecule has 8 heteroatoms. The van der Waals surface area contributed by atoms with Gasteiger partial charge in [0.1, 0.15) is 5.82 Å². The first kappa shape index (κ1) is 14.9. The number of hydrogen-bond acceptors (Lipinski definition) is 5. The van der Waals surface area contributed by atoms with Crippen molar-refractivity contribution in [1.82, 2.24) is 9.97 Å². The Hall–Kier alpha value is -1.18. The molecule has 0 amide bonds. The number of nitrogens with zero attached hydrogens (tertiary/aromatic N) is 2. The van der Waals surface area contributed by atoms with E-state index < -0.39 is 12.3 Å². The maximum Gasteiger partial charge on any atom is 0.425 e. The molecule has 1 rings (SSSR count). The summed E-state index contributed by atoms with van der Waals surface area (Å²) in [6.45, 7) is 3.41. The highest BCUT2D eigenvalue weighted by Crippen LogP contribution is 2.26. The first-order chi connectivity index (χ1) is 8.36. The number of ether oxygens (including phenoxy) is 1. The van der Waals surface area contributed by atoms with Crippen molar-refractivity contribution in [2.75, 3.05) is 18.1 Å². The molecule has 0 fully saturated rings. The van der Waals surface area contributed by atoms with Crippen LogP contribution < -0.4 is 10.1 Å². The Morgan fingerprint density at radius 3 is 2.61 bits per heavy atom. The van der Waals surface area contributed by atoms with Crippen LogP contribution in [-0.4, -0.2) is 35.0 Å². The lowest BCUT2D eigenvalue weighted by Crippen LogP contribution is -2.31. The number of thioether (sulfide) groups is 1. The van der Waals surface area contributed by atoms with Gasteiger partial charge in [0.15, 0.2) is 11.3 Å². The summed E-state index contributed by atoms with van der Waals surface area (Å²) in [6, 6.07) is 1.35. The zero-order valence-corrected chi connectivity index (χ0v) is 11.0. The van der Waals surface area contributed by atoms with Crippen molar-refractivity contribution in [3.05, 3.63) is 6.07 Å².